The van der Waals surface area contributed by atoms with E-state index in [0.29, 0.717) is 11.1 Å². The van der Waals surface area contributed by atoms with Gasteiger partial charge >= 0.3 is 5.97 Å². The number of nitro groups is 1. The highest BCUT2D eigenvalue weighted by Crippen LogP contribution is 2.26. The van der Waals surface area contributed by atoms with Gasteiger partial charge in [-0.15, -0.1) is 0 Å². The van der Waals surface area contributed by atoms with Crippen LogP contribution in [-0.2, 0) is 11.2 Å². The van der Waals surface area contributed by atoms with Crippen molar-refractivity contribution in [2.24, 2.45) is 5.73 Å². The minimum atomic E-state index is -1.16. The second-order valence-electron chi connectivity index (χ2n) is 3.62. The first-order chi connectivity index (χ1) is 7.82. The summed E-state index contributed by atoms with van der Waals surface area (Å²) < 4.78 is 0. The third-order valence-corrected chi connectivity index (χ3v) is 2.80. The number of non-ortho nitro benzene ring substituents is 1. The number of carbonyl (C=O) groups is 1. The summed E-state index contributed by atoms with van der Waals surface area (Å²) in [6.07, 6.45) is 0.00255. The Balaban J connectivity index is 3.14. The first kappa shape index (κ1) is 13.4. The molecule has 1 unspecified atom stereocenters. The summed E-state index contributed by atoms with van der Waals surface area (Å²) in [6, 6.07) is 1.42. The van der Waals surface area contributed by atoms with Crippen molar-refractivity contribution in [2.75, 3.05) is 0 Å². The SMILES string of the molecule is Cc1c(Cl)cc([N+](=O)[O-])cc1CC(N)C(=O)O. The van der Waals surface area contributed by atoms with Gasteiger partial charge in [0.05, 0.1) is 9.95 Å². The van der Waals surface area contributed by atoms with Crippen LogP contribution in [0, 0.1) is 17.0 Å². The molecule has 0 aliphatic heterocycles. The molecule has 0 saturated carbocycles. The van der Waals surface area contributed by atoms with Crippen molar-refractivity contribution in [3.05, 3.63) is 38.4 Å². The van der Waals surface area contributed by atoms with Crippen LogP contribution in [-0.4, -0.2) is 22.0 Å². The van der Waals surface area contributed by atoms with E-state index < -0.39 is 16.9 Å². The zero-order chi connectivity index (χ0) is 13.2. The third kappa shape index (κ3) is 3.15. The van der Waals surface area contributed by atoms with E-state index >= 15 is 0 Å². The minimum Gasteiger partial charge on any atom is -0.480 e. The molecule has 0 fully saturated rings. The lowest BCUT2D eigenvalue weighted by molar-refractivity contribution is -0.384. The normalized spacial score (nSPS) is 12.2. The van der Waals surface area contributed by atoms with E-state index in [-0.39, 0.29) is 17.1 Å². The molecular formula is C10H11ClN2O4. The lowest BCUT2D eigenvalue weighted by atomic mass is 10.0. The van der Waals surface area contributed by atoms with Gasteiger partial charge in [0.15, 0.2) is 0 Å². The number of carboxylic acids is 1. The van der Waals surface area contributed by atoms with Crippen LogP contribution in [0.2, 0.25) is 5.02 Å². The maximum atomic E-state index is 10.6. The van der Waals surface area contributed by atoms with Gasteiger partial charge in [-0.2, -0.15) is 0 Å². The highest BCUT2D eigenvalue weighted by Gasteiger charge is 2.18. The van der Waals surface area contributed by atoms with Gasteiger partial charge in [0.1, 0.15) is 6.04 Å². The van der Waals surface area contributed by atoms with Crippen molar-refractivity contribution < 1.29 is 14.8 Å². The first-order valence-electron chi connectivity index (χ1n) is 4.74. The zero-order valence-electron chi connectivity index (χ0n) is 9.01. The van der Waals surface area contributed by atoms with Crippen molar-refractivity contribution in [3.63, 3.8) is 0 Å². The summed E-state index contributed by atoms with van der Waals surface area (Å²) >= 11 is 5.83. The van der Waals surface area contributed by atoms with Crippen LogP contribution >= 0.6 is 11.6 Å². The minimum absolute atomic E-state index is 0.00255. The molecule has 0 aromatic heterocycles. The van der Waals surface area contributed by atoms with Gasteiger partial charge in [-0.05, 0) is 24.5 Å². The highest BCUT2D eigenvalue weighted by molar-refractivity contribution is 6.31. The van der Waals surface area contributed by atoms with Crippen LogP contribution in [0.25, 0.3) is 0 Å². The monoisotopic (exact) mass is 258 g/mol. The van der Waals surface area contributed by atoms with Gasteiger partial charge in [-0.25, -0.2) is 0 Å². The Kier molecular flexibility index (Phi) is 4.03. The van der Waals surface area contributed by atoms with E-state index in [2.05, 4.69) is 0 Å². The molecule has 6 nitrogen and oxygen atoms in total. The number of nitrogens with zero attached hydrogens (tertiary/aromatic N) is 1. The standard InChI is InChI=1S/C10H11ClN2O4/c1-5-6(3-9(12)10(14)15)2-7(13(16)17)4-8(5)11/h2,4,9H,3,12H2,1H3,(H,14,15). The molecule has 1 atom stereocenters. The van der Waals surface area contributed by atoms with Gasteiger partial charge < -0.3 is 10.8 Å². The number of halogens is 1. The number of aliphatic carboxylic acids is 1. The van der Waals surface area contributed by atoms with E-state index in [4.69, 9.17) is 22.4 Å². The number of rotatable bonds is 4. The lowest BCUT2D eigenvalue weighted by Gasteiger charge is -2.10. The van der Waals surface area contributed by atoms with Gasteiger partial charge in [0, 0.05) is 12.1 Å². The summed E-state index contributed by atoms with van der Waals surface area (Å²) in [5.41, 5.74) is 6.29. The topological polar surface area (TPSA) is 106 Å². The van der Waals surface area contributed by atoms with Crippen LogP contribution in [0.1, 0.15) is 11.1 Å². The van der Waals surface area contributed by atoms with Gasteiger partial charge in [-0.1, -0.05) is 11.6 Å². The molecule has 92 valence electrons. The van der Waals surface area contributed by atoms with E-state index in [1.807, 2.05) is 0 Å². The predicted octanol–water partition coefficient (Wildman–Crippen LogP) is 1.51. The summed E-state index contributed by atoms with van der Waals surface area (Å²) in [7, 11) is 0. The molecule has 3 N–H and O–H groups in total. The van der Waals surface area contributed by atoms with E-state index in [1.54, 1.807) is 6.92 Å². The molecule has 7 heteroatoms. The fourth-order valence-corrected chi connectivity index (χ4v) is 1.59. The fraction of sp³-hybridized carbons (Fsp3) is 0.300. The highest BCUT2D eigenvalue weighted by atomic mass is 35.5. The zero-order valence-corrected chi connectivity index (χ0v) is 9.77. The number of carboxylic acid groups (broad SMARTS) is 1. The number of benzene rings is 1. The van der Waals surface area contributed by atoms with Crippen molar-refractivity contribution in [2.45, 2.75) is 19.4 Å². The number of hydrogen-bond donors (Lipinski definition) is 2. The van der Waals surface area contributed by atoms with Gasteiger partial charge in [0.2, 0.25) is 0 Å². The molecule has 1 aromatic carbocycles. The Hall–Kier alpha value is -1.66. The molecule has 0 aliphatic rings. The summed E-state index contributed by atoms with van der Waals surface area (Å²) in [5, 5.41) is 19.6. The molecule has 0 spiro atoms. The van der Waals surface area contributed by atoms with Gasteiger partial charge in [-0.3, -0.25) is 14.9 Å². The Bertz CT molecular complexity index is 476. The Labute approximate surface area is 102 Å². The molecule has 0 radical (unpaired) electrons. The summed E-state index contributed by atoms with van der Waals surface area (Å²) in [5.74, 6) is -1.16. The summed E-state index contributed by atoms with van der Waals surface area (Å²) in [4.78, 5) is 20.7. The Morgan fingerprint density at radius 1 is 1.65 bits per heavy atom. The van der Waals surface area contributed by atoms with Crippen LogP contribution in [0.5, 0.6) is 0 Å². The largest absolute Gasteiger partial charge is 0.480 e. The average Bonchev–Trinajstić information content (AvgIpc) is 2.23. The molecule has 0 aliphatic carbocycles. The molecule has 0 amide bonds. The van der Waals surface area contributed by atoms with Crippen LogP contribution < -0.4 is 5.73 Å². The molecule has 17 heavy (non-hydrogen) atoms. The lowest BCUT2D eigenvalue weighted by Crippen LogP contribution is -2.32. The van der Waals surface area contributed by atoms with Crippen LogP contribution in [0.3, 0.4) is 0 Å². The quantitative estimate of drug-likeness (QED) is 0.629. The predicted molar refractivity (Wildman–Crippen MR) is 62.2 cm³/mol. The molecule has 0 heterocycles. The molecule has 0 bridgehead atoms. The van der Waals surface area contributed by atoms with Crippen molar-refractivity contribution in [1.29, 1.82) is 0 Å². The smallest absolute Gasteiger partial charge is 0.320 e. The molecular weight excluding hydrogens is 248 g/mol. The average molecular weight is 259 g/mol. The number of hydrogen-bond acceptors (Lipinski definition) is 4. The van der Waals surface area contributed by atoms with Crippen LogP contribution in [0.15, 0.2) is 12.1 Å². The Morgan fingerprint density at radius 2 is 2.24 bits per heavy atom. The summed E-state index contributed by atoms with van der Waals surface area (Å²) in [6.45, 7) is 1.66. The maximum absolute atomic E-state index is 10.6. The van der Waals surface area contributed by atoms with Crippen molar-refractivity contribution in [1.82, 2.24) is 0 Å². The van der Waals surface area contributed by atoms with Gasteiger partial charge in [0.25, 0.3) is 5.69 Å². The third-order valence-electron chi connectivity index (χ3n) is 2.40. The maximum Gasteiger partial charge on any atom is 0.320 e. The van der Waals surface area contributed by atoms with Crippen molar-refractivity contribution in [3.8, 4) is 0 Å². The second-order valence-corrected chi connectivity index (χ2v) is 4.02. The fourth-order valence-electron chi connectivity index (χ4n) is 1.36. The molecule has 0 saturated heterocycles. The molecule has 1 rings (SSSR count). The van der Waals surface area contributed by atoms with E-state index in [0.717, 1.165) is 0 Å². The number of nitrogens with two attached hydrogens (primary N) is 1. The second kappa shape index (κ2) is 5.11. The Morgan fingerprint density at radius 3 is 2.71 bits per heavy atom. The van der Waals surface area contributed by atoms with Crippen molar-refractivity contribution >= 4 is 23.3 Å². The van der Waals surface area contributed by atoms with E-state index in [9.17, 15) is 14.9 Å². The van der Waals surface area contributed by atoms with Crippen LogP contribution in [0.4, 0.5) is 5.69 Å². The molecule has 1 aromatic rings. The number of nitro benzene ring substituents is 1. The van der Waals surface area contributed by atoms with E-state index in [1.165, 1.54) is 12.1 Å². The first-order valence-corrected chi connectivity index (χ1v) is 5.12.